The van der Waals surface area contributed by atoms with Crippen LogP contribution >= 0.6 is 0 Å². The van der Waals surface area contributed by atoms with Crippen molar-refractivity contribution in [2.75, 3.05) is 27.4 Å². The molecule has 1 amide bonds. The molecule has 132 valence electrons. The molecular weight excluding hydrogens is 318 g/mol. The summed E-state index contributed by atoms with van der Waals surface area (Å²) in [5, 5.41) is 2.93. The fraction of sp³-hybridized carbons (Fsp3) is 0.350. The minimum atomic E-state index is -0.385. The van der Waals surface area contributed by atoms with Gasteiger partial charge in [0.2, 0.25) is 0 Å². The van der Waals surface area contributed by atoms with Crippen molar-refractivity contribution in [1.82, 2.24) is 5.32 Å². The van der Waals surface area contributed by atoms with Crippen LogP contribution < -0.4 is 14.8 Å². The van der Waals surface area contributed by atoms with E-state index in [2.05, 4.69) is 17.4 Å². The summed E-state index contributed by atoms with van der Waals surface area (Å²) in [6.45, 7) is 0.388. The van der Waals surface area contributed by atoms with Gasteiger partial charge in [-0.25, -0.2) is 0 Å². The molecule has 1 N–H and O–H groups in total. The summed E-state index contributed by atoms with van der Waals surface area (Å²) in [7, 11) is 3.27. The highest BCUT2D eigenvalue weighted by Gasteiger charge is 2.37. The Morgan fingerprint density at radius 2 is 1.60 bits per heavy atom. The summed E-state index contributed by atoms with van der Waals surface area (Å²) < 4.78 is 16.5. The number of hydrogen-bond donors (Lipinski definition) is 1. The number of carbonyl (C=O) groups excluding carboxylic acids is 1. The summed E-state index contributed by atoms with van der Waals surface area (Å²) in [4.78, 5) is 12.2. The van der Waals surface area contributed by atoms with Crippen molar-refractivity contribution in [2.45, 2.75) is 18.4 Å². The van der Waals surface area contributed by atoms with Gasteiger partial charge in [0.05, 0.1) is 12.7 Å². The van der Waals surface area contributed by atoms with Crippen molar-refractivity contribution in [2.24, 2.45) is 0 Å². The van der Waals surface area contributed by atoms with Crippen molar-refractivity contribution in [3.05, 3.63) is 59.7 Å². The van der Waals surface area contributed by atoms with Crippen LogP contribution in [-0.2, 0) is 22.4 Å². The molecule has 0 aliphatic heterocycles. The molecule has 0 saturated heterocycles. The summed E-state index contributed by atoms with van der Waals surface area (Å²) in [5.74, 6) is 0.975. The molecule has 0 heterocycles. The Morgan fingerprint density at radius 1 is 1.00 bits per heavy atom. The Balaban J connectivity index is 1.53. The largest absolute Gasteiger partial charge is 0.493 e. The van der Waals surface area contributed by atoms with Crippen LogP contribution in [0.3, 0.4) is 0 Å². The SMILES string of the molecule is COc1ccccc1OCC(=O)NCC1(OC)Cc2ccccc2C1. The Hall–Kier alpha value is -2.53. The van der Waals surface area contributed by atoms with Crippen LogP contribution in [0.25, 0.3) is 0 Å². The highest BCUT2D eigenvalue weighted by Crippen LogP contribution is 2.32. The summed E-state index contributed by atoms with van der Waals surface area (Å²) in [6.07, 6.45) is 1.60. The lowest BCUT2D eigenvalue weighted by Gasteiger charge is -2.27. The molecule has 0 radical (unpaired) electrons. The highest BCUT2D eigenvalue weighted by molar-refractivity contribution is 5.77. The zero-order chi connectivity index (χ0) is 17.7. The van der Waals surface area contributed by atoms with E-state index in [9.17, 15) is 4.79 Å². The van der Waals surface area contributed by atoms with E-state index in [1.807, 2.05) is 24.3 Å². The monoisotopic (exact) mass is 341 g/mol. The number of ether oxygens (including phenoxy) is 3. The second kappa shape index (κ2) is 7.57. The van der Waals surface area contributed by atoms with Crippen LogP contribution in [0.1, 0.15) is 11.1 Å². The molecule has 0 fully saturated rings. The molecule has 1 aliphatic carbocycles. The predicted octanol–water partition coefficient (Wildman–Crippen LogP) is 2.37. The number of nitrogens with one attached hydrogen (secondary N) is 1. The van der Waals surface area contributed by atoms with Gasteiger partial charge in [-0.1, -0.05) is 36.4 Å². The standard InChI is InChI=1S/C20H23NO4/c1-23-17-9-5-6-10-18(17)25-13-19(22)21-14-20(24-2)11-15-7-3-4-8-16(15)12-20/h3-10H,11-14H2,1-2H3,(H,21,22). The summed E-state index contributed by atoms with van der Waals surface area (Å²) in [5.41, 5.74) is 2.18. The fourth-order valence-electron chi connectivity index (χ4n) is 3.19. The van der Waals surface area contributed by atoms with E-state index in [-0.39, 0.29) is 18.1 Å². The molecule has 2 aromatic carbocycles. The minimum Gasteiger partial charge on any atom is -0.493 e. The lowest BCUT2D eigenvalue weighted by atomic mass is 10.00. The maximum Gasteiger partial charge on any atom is 0.258 e. The van der Waals surface area contributed by atoms with Crippen molar-refractivity contribution in [1.29, 1.82) is 0 Å². The third-order valence-corrected chi connectivity index (χ3v) is 4.61. The van der Waals surface area contributed by atoms with Gasteiger partial charge in [0.15, 0.2) is 18.1 Å². The van der Waals surface area contributed by atoms with Gasteiger partial charge in [0, 0.05) is 26.5 Å². The first-order valence-corrected chi connectivity index (χ1v) is 8.30. The molecule has 0 spiro atoms. The molecule has 25 heavy (non-hydrogen) atoms. The van der Waals surface area contributed by atoms with Crippen molar-refractivity contribution >= 4 is 5.91 Å². The van der Waals surface area contributed by atoms with Crippen LogP contribution in [-0.4, -0.2) is 38.9 Å². The van der Waals surface area contributed by atoms with Gasteiger partial charge >= 0.3 is 0 Å². The lowest BCUT2D eigenvalue weighted by Crippen LogP contribution is -2.46. The van der Waals surface area contributed by atoms with Crippen LogP contribution in [0.4, 0.5) is 0 Å². The lowest BCUT2D eigenvalue weighted by molar-refractivity contribution is -0.124. The van der Waals surface area contributed by atoms with Crippen molar-refractivity contribution < 1.29 is 19.0 Å². The number of benzene rings is 2. The third-order valence-electron chi connectivity index (χ3n) is 4.61. The first-order valence-electron chi connectivity index (χ1n) is 8.30. The summed E-state index contributed by atoms with van der Waals surface area (Å²) >= 11 is 0. The average molecular weight is 341 g/mol. The Kier molecular flexibility index (Phi) is 5.24. The smallest absolute Gasteiger partial charge is 0.258 e. The van der Waals surface area contributed by atoms with Gasteiger partial charge in [-0.3, -0.25) is 4.79 Å². The quantitative estimate of drug-likeness (QED) is 0.840. The molecule has 0 unspecified atom stereocenters. The second-order valence-corrected chi connectivity index (χ2v) is 6.23. The topological polar surface area (TPSA) is 56.8 Å². The molecule has 2 aromatic rings. The second-order valence-electron chi connectivity index (χ2n) is 6.23. The number of para-hydroxylation sites is 2. The third kappa shape index (κ3) is 3.94. The molecule has 1 aliphatic rings. The maximum absolute atomic E-state index is 12.2. The Morgan fingerprint density at radius 3 is 2.20 bits per heavy atom. The number of fused-ring (bicyclic) bond motifs is 1. The number of hydrogen-bond acceptors (Lipinski definition) is 4. The number of amides is 1. The number of rotatable bonds is 7. The molecule has 0 aromatic heterocycles. The molecule has 5 heteroatoms. The zero-order valence-corrected chi connectivity index (χ0v) is 14.6. The molecule has 0 bridgehead atoms. The van der Waals surface area contributed by atoms with Crippen LogP contribution in [0, 0.1) is 0 Å². The van der Waals surface area contributed by atoms with Gasteiger partial charge < -0.3 is 19.5 Å². The zero-order valence-electron chi connectivity index (χ0n) is 14.6. The van der Waals surface area contributed by atoms with E-state index in [0.29, 0.717) is 18.0 Å². The normalized spacial score (nSPS) is 14.6. The highest BCUT2D eigenvalue weighted by atomic mass is 16.5. The van der Waals surface area contributed by atoms with Crippen LogP contribution in [0.5, 0.6) is 11.5 Å². The van der Waals surface area contributed by atoms with E-state index in [0.717, 1.165) is 12.8 Å². The molecular formula is C20H23NO4. The van der Waals surface area contributed by atoms with E-state index >= 15 is 0 Å². The Labute approximate surface area is 147 Å². The fourth-order valence-corrected chi connectivity index (χ4v) is 3.19. The molecule has 0 saturated carbocycles. The van der Waals surface area contributed by atoms with Crippen LogP contribution in [0.2, 0.25) is 0 Å². The van der Waals surface area contributed by atoms with E-state index in [4.69, 9.17) is 14.2 Å². The summed E-state index contributed by atoms with van der Waals surface area (Å²) in [6, 6.07) is 15.6. The van der Waals surface area contributed by atoms with E-state index in [1.165, 1.54) is 11.1 Å². The van der Waals surface area contributed by atoms with Gasteiger partial charge in [-0.2, -0.15) is 0 Å². The molecule has 0 atom stereocenters. The van der Waals surface area contributed by atoms with Crippen molar-refractivity contribution in [3.8, 4) is 11.5 Å². The number of carbonyl (C=O) groups is 1. The maximum atomic E-state index is 12.2. The first-order chi connectivity index (χ1) is 12.2. The van der Waals surface area contributed by atoms with Gasteiger partial charge in [0.1, 0.15) is 0 Å². The Bertz CT molecular complexity index is 719. The van der Waals surface area contributed by atoms with Crippen molar-refractivity contribution in [3.63, 3.8) is 0 Å². The van der Waals surface area contributed by atoms with Gasteiger partial charge in [0.25, 0.3) is 5.91 Å². The first kappa shape index (κ1) is 17.3. The van der Waals surface area contributed by atoms with Gasteiger partial charge in [-0.15, -0.1) is 0 Å². The molecule has 5 nitrogen and oxygen atoms in total. The predicted molar refractivity (Wildman–Crippen MR) is 95.1 cm³/mol. The number of methoxy groups -OCH3 is 2. The van der Waals surface area contributed by atoms with Gasteiger partial charge in [-0.05, 0) is 23.3 Å². The minimum absolute atomic E-state index is 0.0624. The van der Waals surface area contributed by atoms with E-state index in [1.54, 1.807) is 26.4 Å². The van der Waals surface area contributed by atoms with E-state index < -0.39 is 0 Å². The molecule has 3 rings (SSSR count). The average Bonchev–Trinajstić information content (AvgIpc) is 3.04. The van der Waals surface area contributed by atoms with Crippen LogP contribution in [0.15, 0.2) is 48.5 Å².